The number of aromatic nitrogens is 3. The van der Waals surface area contributed by atoms with Gasteiger partial charge >= 0.3 is 0 Å². The molecule has 6 nitrogen and oxygen atoms in total. The third-order valence-electron chi connectivity index (χ3n) is 3.98. The fourth-order valence-corrected chi connectivity index (χ4v) is 2.71. The predicted octanol–water partition coefficient (Wildman–Crippen LogP) is 3.15. The van der Waals surface area contributed by atoms with Crippen LogP contribution < -0.4 is 5.32 Å². The maximum atomic E-state index is 13.4. The summed E-state index contributed by atoms with van der Waals surface area (Å²) in [4.78, 5) is 16.4. The molecular formula is C19H15FN4O2. The molecule has 2 aromatic carbocycles. The Morgan fingerprint density at radius 3 is 2.85 bits per heavy atom. The van der Waals surface area contributed by atoms with Gasteiger partial charge in [0.15, 0.2) is 5.82 Å². The van der Waals surface area contributed by atoms with E-state index in [1.54, 1.807) is 16.8 Å². The lowest BCUT2D eigenvalue weighted by Crippen LogP contribution is -2.27. The SMILES string of the molecule is O=C(Cn1ccc2ccc(F)cc21)NCc1noc(-c2ccccc2)n1. The first-order chi connectivity index (χ1) is 12.7. The Kier molecular flexibility index (Phi) is 4.18. The first-order valence-electron chi connectivity index (χ1n) is 8.08. The molecule has 0 unspecified atom stereocenters. The molecule has 4 rings (SSSR count). The van der Waals surface area contributed by atoms with Crippen LogP contribution in [0.1, 0.15) is 5.82 Å². The van der Waals surface area contributed by atoms with Crippen LogP contribution in [0, 0.1) is 5.82 Å². The van der Waals surface area contributed by atoms with Crippen LogP contribution in [0.5, 0.6) is 0 Å². The summed E-state index contributed by atoms with van der Waals surface area (Å²) in [6.07, 6.45) is 1.76. The van der Waals surface area contributed by atoms with Gasteiger partial charge < -0.3 is 14.4 Å². The summed E-state index contributed by atoms with van der Waals surface area (Å²) >= 11 is 0. The number of nitrogens with zero attached hydrogens (tertiary/aromatic N) is 3. The van der Waals surface area contributed by atoms with Crippen molar-refractivity contribution in [1.29, 1.82) is 0 Å². The number of hydrogen-bond acceptors (Lipinski definition) is 4. The van der Waals surface area contributed by atoms with Gasteiger partial charge in [0.1, 0.15) is 12.4 Å². The number of fused-ring (bicyclic) bond motifs is 1. The number of benzene rings is 2. The van der Waals surface area contributed by atoms with Crippen LogP contribution in [-0.2, 0) is 17.9 Å². The number of rotatable bonds is 5. The molecular weight excluding hydrogens is 335 g/mol. The van der Waals surface area contributed by atoms with E-state index in [1.807, 2.05) is 36.4 Å². The molecule has 2 heterocycles. The van der Waals surface area contributed by atoms with Gasteiger partial charge in [-0.2, -0.15) is 4.98 Å². The summed E-state index contributed by atoms with van der Waals surface area (Å²) in [7, 11) is 0. The summed E-state index contributed by atoms with van der Waals surface area (Å²) < 4.78 is 20.3. The first kappa shape index (κ1) is 16.0. The lowest BCUT2D eigenvalue weighted by molar-refractivity contribution is -0.121. The number of nitrogens with one attached hydrogen (secondary N) is 1. The molecule has 0 bridgehead atoms. The summed E-state index contributed by atoms with van der Waals surface area (Å²) in [5.74, 6) is 0.234. The minimum absolute atomic E-state index is 0.0797. The standard InChI is InChI=1S/C19H15FN4O2/c20-15-7-6-13-8-9-24(16(13)10-15)12-18(25)21-11-17-22-19(26-23-17)14-4-2-1-3-5-14/h1-10H,11-12H2,(H,21,25). The molecule has 26 heavy (non-hydrogen) atoms. The third kappa shape index (κ3) is 3.32. The van der Waals surface area contributed by atoms with Crippen molar-refractivity contribution in [3.63, 3.8) is 0 Å². The average Bonchev–Trinajstić information content (AvgIpc) is 3.28. The third-order valence-corrected chi connectivity index (χ3v) is 3.98. The smallest absolute Gasteiger partial charge is 0.257 e. The molecule has 1 amide bonds. The largest absolute Gasteiger partial charge is 0.347 e. The molecule has 2 aromatic heterocycles. The molecule has 1 N–H and O–H groups in total. The lowest BCUT2D eigenvalue weighted by Gasteiger charge is -2.06. The Morgan fingerprint density at radius 1 is 1.15 bits per heavy atom. The van der Waals surface area contributed by atoms with E-state index in [2.05, 4.69) is 15.5 Å². The molecule has 0 atom stereocenters. The summed E-state index contributed by atoms with van der Waals surface area (Å²) in [5, 5.41) is 7.49. The number of amides is 1. The van der Waals surface area contributed by atoms with Crippen LogP contribution >= 0.6 is 0 Å². The van der Waals surface area contributed by atoms with Gasteiger partial charge in [-0.25, -0.2) is 4.39 Å². The summed E-state index contributed by atoms with van der Waals surface area (Å²) in [5.41, 5.74) is 1.49. The minimum atomic E-state index is -0.335. The average molecular weight is 350 g/mol. The topological polar surface area (TPSA) is 73.0 Å². The molecule has 0 saturated heterocycles. The van der Waals surface area contributed by atoms with Gasteiger partial charge in [-0.1, -0.05) is 23.4 Å². The van der Waals surface area contributed by atoms with Crippen molar-refractivity contribution < 1.29 is 13.7 Å². The predicted molar refractivity (Wildman–Crippen MR) is 93.5 cm³/mol. The highest BCUT2D eigenvalue weighted by molar-refractivity contribution is 5.83. The van der Waals surface area contributed by atoms with Crippen LogP contribution in [0.15, 0.2) is 65.3 Å². The first-order valence-corrected chi connectivity index (χ1v) is 8.08. The van der Waals surface area contributed by atoms with Crippen LogP contribution in [0.2, 0.25) is 0 Å². The molecule has 0 aliphatic heterocycles. The summed E-state index contributed by atoms with van der Waals surface area (Å²) in [6, 6.07) is 15.7. The van der Waals surface area contributed by atoms with Crippen molar-refractivity contribution in [3.05, 3.63) is 72.4 Å². The molecule has 130 valence electrons. The van der Waals surface area contributed by atoms with Gasteiger partial charge in [0.05, 0.1) is 12.1 Å². The van der Waals surface area contributed by atoms with Crippen molar-refractivity contribution in [2.75, 3.05) is 0 Å². The zero-order chi connectivity index (χ0) is 17.9. The van der Waals surface area contributed by atoms with Gasteiger partial charge in [-0.05, 0) is 41.8 Å². The van der Waals surface area contributed by atoms with E-state index in [4.69, 9.17) is 4.52 Å². The van der Waals surface area contributed by atoms with E-state index >= 15 is 0 Å². The maximum absolute atomic E-state index is 13.4. The molecule has 0 saturated carbocycles. The molecule has 7 heteroatoms. The lowest BCUT2D eigenvalue weighted by atomic mass is 10.2. The van der Waals surface area contributed by atoms with Gasteiger partial charge in [0.25, 0.3) is 5.89 Å². The van der Waals surface area contributed by atoms with Crippen LogP contribution in [0.4, 0.5) is 4.39 Å². The van der Waals surface area contributed by atoms with E-state index in [1.165, 1.54) is 12.1 Å². The van der Waals surface area contributed by atoms with E-state index in [9.17, 15) is 9.18 Å². The summed E-state index contributed by atoms with van der Waals surface area (Å²) in [6.45, 7) is 0.235. The van der Waals surface area contributed by atoms with E-state index in [-0.39, 0.29) is 24.8 Å². The second-order valence-electron chi connectivity index (χ2n) is 5.81. The Morgan fingerprint density at radius 2 is 2.00 bits per heavy atom. The quantitative estimate of drug-likeness (QED) is 0.600. The van der Waals surface area contributed by atoms with Crippen LogP contribution in [0.25, 0.3) is 22.4 Å². The van der Waals surface area contributed by atoms with Crippen LogP contribution in [-0.4, -0.2) is 20.6 Å². The van der Waals surface area contributed by atoms with Gasteiger partial charge in [0, 0.05) is 11.8 Å². The number of halogens is 1. The molecule has 0 aliphatic carbocycles. The van der Waals surface area contributed by atoms with E-state index < -0.39 is 0 Å². The Labute approximate surface area is 148 Å². The van der Waals surface area contributed by atoms with E-state index in [0.717, 1.165) is 10.9 Å². The second-order valence-corrected chi connectivity index (χ2v) is 5.81. The number of carbonyl (C=O) groups excluding carboxylic acids is 1. The van der Waals surface area contributed by atoms with Crippen molar-refractivity contribution >= 4 is 16.8 Å². The second kappa shape index (κ2) is 6.79. The Bertz CT molecular complexity index is 1060. The van der Waals surface area contributed by atoms with Gasteiger partial charge in [-0.3, -0.25) is 4.79 Å². The highest BCUT2D eigenvalue weighted by Gasteiger charge is 2.11. The zero-order valence-electron chi connectivity index (χ0n) is 13.7. The zero-order valence-corrected chi connectivity index (χ0v) is 13.7. The maximum Gasteiger partial charge on any atom is 0.257 e. The monoisotopic (exact) mass is 350 g/mol. The van der Waals surface area contributed by atoms with Crippen molar-refractivity contribution in [1.82, 2.24) is 20.0 Å². The fraction of sp³-hybridized carbons (Fsp3) is 0.105. The molecule has 0 fully saturated rings. The van der Waals surface area contributed by atoms with E-state index in [0.29, 0.717) is 17.2 Å². The molecule has 0 aliphatic rings. The Hall–Kier alpha value is -3.48. The Balaban J connectivity index is 1.40. The van der Waals surface area contributed by atoms with Crippen LogP contribution in [0.3, 0.4) is 0 Å². The molecule has 4 aromatic rings. The van der Waals surface area contributed by atoms with Gasteiger partial charge in [-0.15, -0.1) is 0 Å². The van der Waals surface area contributed by atoms with Crippen molar-refractivity contribution in [2.24, 2.45) is 0 Å². The fourth-order valence-electron chi connectivity index (χ4n) is 2.71. The highest BCUT2D eigenvalue weighted by atomic mass is 19.1. The normalized spacial score (nSPS) is 11.0. The van der Waals surface area contributed by atoms with Crippen molar-refractivity contribution in [3.8, 4) is 11.5 Å². The number of carbonyl (C=O) groups is 1. The number of hydrogen-bond donors (Lipinski definition) is 1. The molecule has 0 spiro atoms. The van der Waals surface area contributed by atoms with Crippen molar-refractivity contribution in [2.45, 2.75) is 13.1 Å². The highest BCUT2D eigenvalue weighted by Crippen LogP contribution is 2.17. The van der Waals surface area contributed by atoms with Gasteiger partial charge in [0.2, 0.25) is 5.91 Å². The molecule has 0 radical (unpaired) electrons. The minimum Gasteiger partial charge on any atom is -0.347 e.